The molecule has 2 aromatic carbocycles. The molecule has 3 aromatic rings. The number of piperazine rings is 1. The second-order valence-corrected chi connectivity index (χ2v) is 7.46. The number of fused-ring (bicyclic) bond motifs is 1. The molecule has 4 rings (SSSR count). The van der Waals surface area contributed by atoms with Crippen molar-refractivity contribution in [2.75, 3.05) is 50.6 Å². The van der Waals surface area contributed by atoms with Crippen molar-refractivity contribution in [3.05, 3.63) is 53.8 Å². The highest BCUT2D eigenvalue weighted by molar-refractivity contribution is 6.05. The molecule has 1 aliphatic rings. The van der Waals surface area contributed by atoms with E-state index < -0.39 is 17.6 Å². The van der Waals surface area contributed by atoms with E-state index in [1.807, 2.05) is 11.9 Å². The molecule has 1 aromatic heterocycles. The Hall–Kier alpha value is -3.20. The van der Waals surface area contributed by atoms with Crippen molar-refractivity contribution in [3.63, 3.8) is 0 Å². The van der Waals surface area contributed by atoms with E-state index in [-0.39, 0.29) is 11.4 Å². The number of carbonyl (C=O) groups is 1. The number of hydrogen-bond acceptors (Lipinski definition) is 5. The van der Waals surface area contributed by atoms with E-state index >= 15 is 0 Å². The number of likely N-dealkylation sites (N-methyl/N-ethyl adjacent to an activating group) is 1. The molecule has 0 atom stereocenters. The number of carbonyl (C=O) groups excluding carboxylic acids is 1. The number of hydrogen-bond donors (Lipinski definition) is 1. The Bertz CT molecular complexity index is 1100. The lowest BCUT2D eigenvalue weighted by molar-refractivity contribution is -0.136. The van der Waals surface area contributed by atoms with Gasteiger partial charge in [-0.05, 0) is 37.4 Å². The fraction of sp³-hybridized carbons (Fsp3) is 0.318. The number of nitrogens with one attached hydrogen (secondary N) is 1. The molecule has 164 valence electrons. The van der Waals surface area contributed by atoms with Crippen LogP contribution in [0.1, 0.15) is 16.1 Å². The molecule has 0 radical (unpaired) electrons. The first-order valence-electron chi connectivity index (χ1n) is 9.79. The highest BCUT2D eigenvalue weighted by Crippen LogP contribution is 2.38. The molecule has 31 heavy (non-hydrogen) atoms. The lowest BCUT2D eigenvalue weighted by Crippen LogP contribution is -2.44. The predicted molar refractivity (Wildman–Crippen MR) is 112 cm³/mol. The lowest BCUT2D eigenvalue weighted by atomic mass is 10.1. The van der Waals surface area contributed by atoms with Crippen LogP contribution >= 0.6 is 0 Å². The van der Waals surface area contributed by atoms with Gasteiger partial charge in [0.2, 0.25) is 0 Å². The second kappa shape index (κ2) is 8.14. The maximum atomic E-state index is 13.8. The number of anilines is 2. The minimum atomic E-state index is -4.62. The van der Waals surface area contributed by atoms with Crippen molar-refractivity contribution in [2.45, 2.75) is 6.18 Å². The summed E-state index contributed by atoms with van der Waals surface area (Å²) in [5.41, 5.74) is -0.378. The molecule has 9 heteroatoms. The van der Waals surface area contributed by atoms with Crippen LogP contribution in [0.2, 0.25) is 0 Å². The molecule has 0 bridgehead atoms. The second-order valence-electron chi connectivity index (χ2n) is 7.46. The quantitative estimate of drug-likeness (QED) is 0.658. The van der Waals surface area contributed by atoms with Crippen molar-refractivity contribution >= 4 is 28.3 Å². The van der Waals surface area contributed by atoms with Gasteiger partial charge in [-0.25, -0.2) is 0 Å². The van der Waals surface area contributed by atoms with Gasteiger partial charge in [0.25, 0.3) is 5.91 Å². The molecule has 1 N–H and O–H groups in total. The summed E-state index contributed by atoms with van der Waals surface area (Å²) in [5, 5.41) is 2.97. The summed E-state index contributed by atoms with van der Waals surface area (Å²) in [6.45, 7) is 2.82. The van der Waals surface area contributed by atoms with Gasteiger partial charge in [-0.3, -0.25) is 4.79 Å². The van der Waals surface area contributed by atoms with E-state index in [1.54, 1.807) is 24.3 Å². The summed E-state index contributed by atoms with van der Waals surface area (Å²) >= 11 is 0. The van der Waals surface area contributed by atoms with Crippen LogP contribution in [0.3, 0.4) is 0 Å². The Morgan fingerprint density at radius 1 is 1.10 bits per heavy atom. The molecule has 1 fully saturated rings. The highest BCUT2D eigenvalue weighted by atomic mass is 19.4. The molecular formula is C22H22F3N3O3. The van der Waals surface area contributed by atoms with Crippen LogP contribution in [0.15, 0.2) is 46.9 Å². The molecule has 2 heterocycles. The van der Waals surface area contributed by atoms with Gasteiger partial charge in [0.1, 0.15) is 0 Å². The molecule has 0 unspecified atom stereocenters. The molecule has 1 aliphatic heterocycles. The van der Waals surface area contributed by atoms with Gasteiger partial charge in [-0.15, -0.1) is 0 Å². The van der Waals surface area contributed by atoms with Crippen molar-refractivity contribution < 1.29 is 27.1 Å². The molecule has 0 spiro atoms. The van der Waals surface area contributed by atoms with E-state index in [2.05, 4.69) is 10.2 Å². The van der Waals surface area contributed by atoms with Gasteiger partial charge in [0.15, 0.2) is 17.1 Å². The van der Waals surface area contributed by atoms with Gasteiger partial charge in [-0.1, -0.05) is 12.1 Å². The lowest BCUT2D eigenvalue weighted by Gasteiger charge is -2.34. The number of amides is 1. The van der Waals surface area contributed by atoms with E-state index in [9.17, 15) is 18.0 Å². The molecule has 1 amide bonds. The van der Waals surface area contributed by atoms with Crippen LogP contribution < -0.4 is 15.0 Å². The average Bonchev–Trinajstić information content (AvgIpc) is 3.18. The third-order valence-electron chi connectivity index (χ3n) is 5.38. The minimum absolute atomic E-state index is 0.101. The molecule has 0 aliphatic carbocycles. The standard InChI is InChI=1S/C22H22F3N3O3/c1-27-8-10-28(11-9-27)15-6-7-17(16(13-15)22(23,24)25)26-21(29)19-12-14-4-3-5-18(30-2)20(14)31-19/h3-7,12-13H,8-11H2,1-2H3,(H,26,29). The van der Waals surface area contributed by atoms with Crippen LogP contribution in [-0.4, -0.2) is 51.1 Å². The van der Waals surface area contributed by atoms with Crippen LogP contribution in [0, 0.1) is 0 Å². The normalized spacial score (nSPS) is 15.3. The zero-order valence-corrected chi connectivity index (χ0v) is 17.1. The maximum Gasteiger partial charge on any atom is 0.418 e. The van der Waals surface area contributed by atoms with Crippen molar-refractivity contribution in [3.8, 4) is 5.75 Å². The van der Waals surface area contributed by atoms with E-state index in [0.717, 1.165) is 19.2 Å². The first-order valence-corrected chi connectivity index (χ1v) is 9.79. The van der Waals surface area contributed by atoms with Crippen LogP contribution in [-0.2, 0) is 6.18 Å². The van der Waals surface area contributed by atoms with E-state index in [4.69, 9.17) is 9.15 Å². The Balaban J connectivity index is 1.62. The number of halogens is 3. The summed E-state index contributed by atoms with van der Waals surface area (Å²) in [4.78, 5) is 16.7. The number of nitrogens with zero attached hydrogens (tertiary/aromatic N) is 2. The third kappa shape index (κ3) is 4.32. The smallest absolute Gasteiger partial charge is 0.418 e. The van der Waals surface area contributed by atoms with Crippen LogP contribution in [0.25, 0.3) is 11.0 Å². The number of benzene rings is 2. The zero-order valence-electron chi connectivity index (χ0n) is 17.1. The van der Waals surface area contributed by atoms with E-state index in [1.165, 1.54) is 19.2 Å². The van der Waals surface area contributed by atoms with Gasteiger partial charge in [-0.2, -0.15) is 13.2 Å². The average molecular weight is 433 g/mol. The largest absolute Gasteiger partial charge is 0.493 e. The first-order chi connectivity index (χ1) is 14.8. The summed E-state index contributed by atoms with van der Waals surface area (Å²) in [7, 11) is 3.44. The number of furan rings is 1. The van der Waals surface area contributed by atoms with Gasteiger partial charge < -0.3 is 24.3 Å². The third-order valence-corrected chi connectivity index (χ3v) is 5.38. The minimum Gasteiger partial charge on any atom is -0.493 e. The summed E-state index contributed by atoms with van der Waals surface area (Å²) < 4.78 is 52.0. The fourth-order valence-electron chi connectivity index (χ4n) is 3.63. The van der Waals surface area contributed by atoms with Crippen LogP contribution in [0.4, 0.5) is 24.5 Å². The molecule has 6 nitrogen and oxygen atoms in total. The zero-order chi connectivity index (χ0) is 22.2. The van der Waals surface area contributed by atoms with Gasteiger partial charge in [0.05, 0.1) is 18.4 Å². The SMILES string of the molecule is COc1cccc2cc(C(=O)Nc3ccc(N4CCN(C)CC4)cc3C(F)(F)F)oc12. The highest BCUT2D eigenvalue weighted by Gasteiger charge is 2.35. The topological polar surface area (TPSA) is 58.0 Å². The first kappa shape index (κ1) is 21.0. The van der Waals surface area contributed by atoms with Crippen molar-refractivity contribution in [2.24, 2.45) is 0 Å². The monoisotopic (exact) mass is 433 g/mol. The Morgan fingerprint density at radius 2 is 1.84 bits per heavy atom. The Labute approximate surface area is 177 Å². The summed E-state index contributed by atoms with van der Waals surface area (Å²) in [6, 6.07) is 10.6. The fourth-order valence-corrected chi connectivity index (χ4v) is 3.63. The molecule has 0 saturated carbocycles. The number of ether oxygens (including phenoxy) is 1. The van der Waals surface area contributed by atoms with Gasteiger partial charge in [0, 0.05) is 37.3 Å². The number of alkyl halides is 3. The van der Waals surface area contributed by atoms with Crippen LogP contribution in [0.5, 0.6) is 5.75 Å². The Kier molecular flexibility index (Phi) is 5.53. The predicted octanol–water partition coefficient (Wildman–Crippen LogP) is 4.46. The van der Waals surface area contributed by atoms with Crippen molar-refractivity contribution in [1.29, 1.82) is 0 Å². The van der Waals surface area contributed by atoms with E-state index in [0.29, 0.717) is 35.5 Å². The number of rotatable bonds is 4. The number of para-hydroxylation sites is 1. The Morgan fingerprint density at radius 3 is 2.52 bits per heavy atom. The van der Waals surface area contributed by atoms with Gasteiger partial charge >= 0.3 is 6.18 Å². The maximum absolute atomic E-state index is 13.8. The summed E-state index contributed by atoms with van der Waals surface area (Å²) in [5.74, 6) is -0.434. The molecular weight excluding hydrogens is 411 g/mol. The van der Waals surface area contributed by atoms with Crippen molar-refractivity contribution in [1.82, 2.24) is 4.90 Å². The number of methoxy groups -OCH3 is 1. The molecule has 1 saturated heterocycles. The summed E-state index contributed by atoms with van der Waals surface area (Å²) in [6.07, 6.45) is -4.62.